The number of aryl methyl sites for hydroxylation is 1. The van der Waals surface area contributed by atoms with Gasteiger partial charge in [-0.2, -0.15) is 0 Å². The Morgan fingerprint density at radius 3 is 2.55 bits per heavy atom. The summed E-state index contributed by atoms with van der Waals surface area (Å²) in [7, 11) is 0. The van der Waals surface area contributed by atoms with Gasteiger partial charge in [-0.1, -0.05) is 17.7 Å². The van der Waals surface area contributed by atoms with E-state index in [1.165, 1.54) is 5.56 Å². The van der Waals surface area contributed by atoms with Crippen LogP contribution in [0.5, 0.6) is 0 Å². The van der Waals surface area contributed by atoms with Crippen molar-refractivity contribution in [1.29, 1.82) is 0 Å². The van der Waals surface area contributed by atoms with Gasteiger partial charge in [0.1, 0.15) is 6.26 Å². The molecule has 0 saturated heterocycles. The SMILES string of the molecule is Cc1ccc(-c2nc(CN(CCO)C(C)C)co2)cc1. The van der Waals surface area contributed by atoms with E-state index in [2.05, 4.69) is 30.7 Å². The molecule has 0 aliphatic carbocycles. The highest BCUT2D eigenvalue weighted by Gasteiger charge is 2.13. The van der Waals surface area contributed by atoms with Gasteiger partial charge in [0.2, 0.25) is 5.89 Å². The standard InChI is InChI=1S/C16H22N2O2/c1-12(2)18(8-9-19)10-15-11-20-16(17-15)14-6-4-13(3)5-7-14/h4-7,11-12,19H,8-10H2,1-3H3. The van der Waals surface area contributed by atoms with Gasteiger partial charge in [-0.15, -0.1) is 0 Å². The third-order valence-corrected chi connectivity index (χ3v) is 3.33. The second-order valence-electron chi connectivity index (χ2n) is 5.30. The largest absolute Gasteiger partial charge is 0.444 e. The zero-order valence-corrected chi connectivity index (χ0v) is 12.3. The molecule has 1 aromatic carbocycles. The maximum Gasteiger partial charge on any atom is 0.226 e. The maximum absolute atomic E-state index is 9.09. The van der Waals surface area contributed by atoms with Crippen molar-refractivity contribution in [1.82, 2.24) is 9.88 Å². The fraction of sp³-hybridized carbons (Fsp3) is 0.438. The number of oxazole rings is 1. The minimum absolute atomic E-state index is 0.154. The van der Waals surface area contributed by atoms with Gasteiger partial charge in [-0.3, -0.25) is 4.90 Å². The average molecular weight is 274 g/mol. The van der Waals surface area contributed by atoms with Crippen molar-refractivity contribution < 1.29 is 9.52 Å². The second kappa shape index (κ2) is 6.68. The third kappa shape index (κ3) is 3.68. The summed E-state index contributed by atoms with van der Waals surface area (Å²) in [5.41, 5.74) is 3.09. The van der Waals surface area contributed by atoms with E-state index in [1.807, 2.05) is 24.3 Å². The molecule has 4 nitrogen and oxygen atoms in total. The van der Waals surface area contributed by atoms with E-state index < -0.39 is 0 Å². The highest BCUT2D eigenvalue weighted by molar-refractivity contribution is 5.53. The van der Waals surface area contributed by atoms with E-state index in [9.17, 15) is 0 Å². The van der Waals surface area contributed by atoms with Crippen molar-refractivity contribution in [2.24, 2.45) is 0 Å². The molecule has 1 N–H and O–H groups in total. The molecule has 0 aliphatic rings. The summed E-state index contributed by atoms with van der Waals surface area (Å²) >= 11 is 0. The van der Waals surface area contributed by atoms with Crippen LogP contribution in [0.3, 0.4) is 0 Å². The van der Waals surface area contributed by atoms with Crippen molar-refractivity contribution in [2.75, 3.05) is 13.2 Å². The smallest absolute Gasteiger partial charge is 0.226 e. The molecule has 0 fully saturated rings. The number of aromatic nitrogens is 1. The summed E-state index contributed by atoms with van der Waals surface area (Å²) in [6, 6.07) is 8.48. The maximum atomic E-state index is 9.09. The molecule has 20 heavy (non-hydrogen) atoms. The number of aliphatic hydroxyl groups excluding tert-OH is 1. The van der Waals surface area contributed by atoms with E-state index in [0.29, 0.717) is 25.0 Å². The molecule has 1 aromatic heterocycles. The summed E-state index contributed by atoms with van der Waals surface area (Å²) in [6.07, 6.45) is 1.70. The topological polar surface area (TPSA) is 49.5 Å². The fourth-order valence-corrected chi connectivity index (χ4v) is 2.06. The van der Waals surface area contributed by atoms with Gasteiger partial charge in [0, 0.05) is 24.7 Å². The molecule has 0 bridgehead atoms. The van der Waals surface area contributed by atoms with E-state index in [1.54, 1.807) is 6.26 Å². The van der Waals surface area contributed by atoms with Gasteiger partial charge in [0.15, 0.2) is 0 Å². The monoisotopic (exact) mass is 274 g/mol. The number of aliphatic hydroxyl groups is 1. The predicted molar refractivity (Wildman–Crippen MR) is 79.3 cm³/mol. The molecular weight excluding hydrogens is 252 g/mol. The molecule has 0 radical (unpaired) electrons. The van der Waals surface area contributed by atoms with Crippen molar-refractivity contribution in [2.45, 2.75) is 33.4 Å². The van der Waals surface area contributed by atoms with Gasteiger partial charge in [0.25, 0.3) is 0 Å². The van der Waals surface area contributed by atoms with Crippen LogP contribution in [-0.4, -0.2) is 34.2 Å². The molecule has 0 amide bonds. The summed E-state index contributed by atoms with van der Waals surface area (Å²) in [4.78, 5) is 6.69. The van der Waals surface area contributed by atoms with Crippen LogP contribution in [0.15, 0.2) is 34.9 Å². The Morgan fingerprint density at radius 2 is 1.95 bits per heavy atom. The molecule has 4 heteroatoms. The lowest BCUT2D eigenvalue weighted by atomic mass is 10.1. The van der Waals surface area contributed by atoms with Crippen LogP contribution in [0.1, 0.15) is 25.1 Å². The van der Waals surface area contributed by atoms with Crippen molar-refractivity contribution in [3.05, 3.63) is 41.8 Å². The molecule has 0 saturated carbocycles. The Labute approximate surface area is 120 Å². The zero-order chi connectivity index (χ0) is 14.5. The average Bonchev–Trinajstić information content (AvgIpc) is 2.87. The van der Waals surface area contributed by atoms with Crippen LogP contribution in [-0.2, 0) is 6.54 Å². The Kier molecular flexibility index (Phi) is 4.93. The Balaban J connectivity index is 2.10. The Bertz CT molecular complexity index is 532. The minimum atomic E-state index is 0.154. The van der Waals surface area contributed by atoms with Crippen LogP contribution < -0.4 is 0 Å². The first-order valence-corrected chi connectivity index (χ1v) is 6.96. The first-order valence-electron chi connectivity index (χ1n) is 6.96. The normalized spacial score (nSPS) is 11.5. The number of nitrogens with zero attached hydrogens (tertiary/aromatic N) is 2. The predicted octanol–water partition coefficient (Wildman–Crippen LogP) is 2.85. The third-order valence-electron chi connectivity index (χ3n) is 3.33. The molecule has 1 heterocycles. The first-order chi connectivity index (χ1) is 9.60. The number of hydrogen-bond acceptors (Lipinski definition) is 4. The van der Waals surface area contributed by atoms with Crippen molar-refractivity contribution >= 4 is 0 Å². The lowest BCUT2D eigenvalue weighted by Crippen LogP contribution is -2.33. The lowest BCUT2D eigenvalue weighted by Gasteiger charge is -2.24. The van der Waals surface area contributed by atoms with E-state index >= 15 is 0 Å². The number of hydrogen-bond donors (Lipinski definition) is 1. The van der Waals surface area contributed by atoms with Gasteiger partial charge in [-0.05, 0) is 32.9 Å². The summed E-state index contributed by atoms with van der Waals surface area (Å²) < 4.78 is 5.55. The molecule has 0 atom stereocenters. The van der Waals surface area contributed by atoms with Crippen molar-refractivity contribution in [3.63, 3.8) is 0 Å². The molecule has 2 rings (SSSR count). The Morgan fingerprint density at radius 1 is 1.25 bits per heavy atom. The summed E-state index contributed by atoms with van der Waals surface area (Å²) in [6.45, 7) is 7.76. The fourth-order valence-electron chi connectivity index (χ4n) is 2.06. The van der Waals surface area contributed by atoms with E-state index in [0.717, 1.165) is 11.3 Å². The molecule has 0 aliphatic heterocycles. The first kappa shape index (κ1) is 14.8. The summed E-state index contributed by atoms with van der Waals surface area (Å²) in [5, 5.41) is 9.09. The lowest BCUT2D eigenvalue weighted by molar-refractivity contribution is 0.158. The van der Waals surface area contributed by atoms with Crippen LogP contribution in [0, 0.1) is 6.92 Å². The minimum Gasteiger partial charge on any atom is -0.444 e. The molecule has 0 spiro atoms. The second-order valence-corrected chi connectivity index (χ2v) is 5.30. The van der Waals surface area contributed by atoms with Crippen LogP contribution in [0.4, 0.5) is 0 Å². The van der Waals surface area contributed by atoms with Gasteiger partial charge in [0.05, 0.1) is 12.3 Å². The molecule has 0 unspecified atom stereocenters. The van der Waals surface area contributed by atoms with Gasteiger partial charge >= 0.3 is 0 Å². The molecule has 2 aromatic rings. The van der Waals surface area contributed by atoms with E-state index in [-0.39, 0.29) is 6.61 Å². The highest BCUT2D eigenvalue weighted by Crippen LogP contribution is 2.20. The summed E-state index contributed by atoms with van der Waals surface area (Å²) in [5.74, 6) is 0.646. The zero-order valence-electron chi connectivity index (χ0n) is 12.3. The van der Waals surface area contributed by atoms with Gasteiger partial charge < -0.3 is 9.52 Å². The van der Waals surface area contributed by atoms with Crippen LogP contribution >= 0.6 is 0 Å². The van der Waals surface area contributed by atoms with Crippen LogP contribution in [0.25, 0.3) is 11.5 Å². The van der Waals surface area contributed by atoms with Gasteiger partial charge in [-0.25, -0.2) is 4.98 Å². The molecule has 108 valence electrons. The van der Waals surface area contributed by atoms with Crippen LogP contribution in [0.2, 0.25) is 0 Å². The Hall–Kier alpha value is -1.65. The van der Waals surface area contributed by atoms with Crippen molar-refractivity contribution in [3.8, 4) is 11.5 Å². The number of benzene rings is 1. The quantitative estimate of drug-likeness (QED) is 0.880. The van der Waals surface area contributed by atoms with E-state index in [4.69, 9.17) is 9.52 Å². The number of rotatable bonds is 6. The highest BCUT2D eigenvalue weighted by atomic mass is 16.3. The molecular formula is C16H22N2O2.